The molecule has 0 bridgehead atoms. The van der Waals surface area contributed by atoms with Crippen molar-refractivity contribution in [2.45, 2.75) is 64.7 Å². The van der Waals surface area contributed by atoms with Crippen LogP contribution in [0, 0.1) is 0 Å². The number of anilines is 3. The number of nitrogens with zero attached hydrogens (tertiary/aromatic N) is 8. The summed E-state index contributed by atoms with van der Waals surface area (Å²) < 4.78 is 49.7. The third-order valence-corrected chi connectivity index (χ3v) is 10.2. The Bertz CT molecular complexity index is 2580. The average Bonchev–Trinajstić information content (AvgIpc) is 3.73. The summed E-state index contributed by atoms with van der Waals surface area (Å²) in [6.07, 6.45) is 0.617. The number of carbonyl (C=O) groups excluding carboxylic acids is 1. The van der Waals surface area contributed by atoms with Crippen LogP contribution in [0.4, 0.5) is 30.5 Å². The maximum absolute atomic E-state index is 14.4. The zero-order chi connectivity index (χ0) is 42.8. The number of carbonyl (C=O) groups is 1. The summed E-state index contributed by atoms with van der Waals surface area (Å²) in [4.78, 5) is 60.5. The Kier molecular flexibility index (Phi) is 11.7. The first-order valence-corrected chi connectivity index (χ1v) is 19.3. The molecule has 312 valence electrons. The molecule has 6 aromatic rings. The first-order chi connectivity index (χ1) is 28.5. The van der Waals surface area contributed by atoms with Crippen molar-refractivity contribution in [1.82, 2.24) is 44.9 Å². The fourth-order valence-electron chi connectivity index (χ4n) is 6.99. The Balaban J connectivity index is 0.950. The molecule has 2 aromatic carbocycles. The fourth-order valence-corrected chi connectivity index (χ4v) is 6.99. The van der Waals surface area contributed by atoms with Crippen molar-refractivity contribution in [3.05, 3.63) is 135 Å². The highest BCUT2D eigenvalue weighted by atomic mass is 19.4. The number of hydrogen-bond acceptors (Lipinski definition) is 12. The van der Waals surface area contributed by atoms with E-state index in [4.69, 9.17) is 4.52 Å². The molecule has 1 aliphatic rings. The molecule has 1 amide bonds. The minimum atomic E-state index is -4.73. The normalized spacial score (nSPS) is 15.5. The van der Waals surface area contributed by atoms with Crippen LogP contribution < -0.4 is 26.8 Å². The Labute approximate surface area is 342 Å². The highest BCUT2D eigenvalue weighted by molar-refractivity contribution is 5.89. The summed E-state index contributed by atoms with van der Waals surface area (Å²) in [5.74, 6) is 0.0161. The summed E-state index contributed by atoms with van der Waals surface area (Å²) in [6.45, 7) is 12.5. The van der Waals surface area contributed by atoms with E-state index in [1.807, 2.05) is 57.2 Å². The van der Waals surface area contributed by atoms with E-state index in [2.05, 4.69) is 57.4 Å². The van der Waals surface area contributed by atoms with Crippen LogP contribution in [0.25, 0.3) is 16.9 Å². The standard InChI is InChI=1S/C42H44F3N11O4/c1-25-23-54(16-14-27-6-9-29(10-7-27)56-17-15-36(57)51-40(56)59)18-19-55(25)30-11-13-34(46-22-30)50-35-21-33(47-24-48-35)28-8-12-31(32(20-28)42(43,44)45)26(2)49-37(58)38-52-39(53-60-38)41(3,4)5/h6-13,15,17,20-22,24-26H,14,16,18-19,23H2,1-5H3,(H,49,58)(H,51,57,59)(H,46,47,48,50)/t25-,26+/m0/s1. The Hall–Kier alpha value is -6.69. The minimum absolute atomic E-state index is 0.143. The molecule has 1 fully saturated rings. The summed E-state index contributed by atoms with van der Waals surface area (Å²) in [5.41, 5.74) is 0.769. The van der Waals surface area contributed by atoms with Crippen molar-refractivity contribution in [2.24, 2.45) is 0 Å². The van der Waals surface area contributed by atoms with Gasteiger partial charge in [-0.1, -0.05) is 50.2 Å². The third-order valence-electron chi connectivity index (χ3n) is 10.2. The molecule has 0 spiro atoms. The highest BCUT2D eigenvalue weighted by Crippen LogP contribution is 2.37. The fraction of sp³-hybridized carbons (Fsp3) is 0.333. The number of amides is 1. The maximum Gasteiger partial charge on any atom is 0.416 e. The lowest BCUT2D eigenvalue weighted by Crippen LogP contribution is -2.52. The number of pyridine rings is 1. The van der Waals surface area contributed by atoms with Gasteiger partial charge in [0.25, 0.3) is 5.56 Å². The Morgan fingerprint density at radius 3 is 2.38 bits per heavy atom. The van der Waals surface area contributed by atoms with Crippen molar-refractivity contribution in [3.8, 4) is 16.9 Å². The molecular weight excluding hydrogens is 780 g/mol. The van der Waals surface area contributed by atoms with Crippen LogP contribution in [0.3, 0.4) is 0 Å². The maximum atomic E-state index is 14.4. The predicted molar refractivity (Wildman–Crippen MR) is 218 cm³/mol. The molecule has 0 saturated carbocycles. The number of hydrogen-bond donors (Lipinski definition) is 3. The van der Waals surface area contributed by atoms with E-state index < -0.39 is 40.4 Å². The van der Waals surface area contributed by atoms with Crippen LogP contribution in [0.15, 0.2) is 99.6 Å². The summed E-state index contributed by atoms with van der Waals surface area (Å²) in [6, 6.07) is 17.4. The lowest BCUT2D eigenvalue weighted by molar-refractivity contribution is -0.138. The summed E-state index contributed by atoms with van der Waals surface area (Å²) in [7, 11) is 0. The second-order valence-corrected chi connectivity index (χ2v) is 15.7. The monoisotopic (exact) mass is 823 g/mol. The van der Waals surface area contributed by atoms with E-state index in [1.165, 1.54) is 42.2 Å². The minimum Gasteiger partial charge on any atom is -0.365 e. The van der Waals surface area contributed by atoms with Gasteiger partial charge in [-0.15, -0.1) is 0 Å². The van der Waals surface area contributed by atoms with E-state index in [0.717, 1.165) is 49.9 Å². The van der Waals surface area contributed by atoms with E-state index >= 15 is 0 Å². The van der Waals surface area contributed by atoms with E-state index in [-0.39, 0.29) is 28.8 Å². The lowest BCUT2D eigenvalue weighted by atomic mass is 9.96. The van der Waals surface area contributed by atoms with Gasteiger partial charge in [0.15, 0.2) is 5.82 Å². The van der Waals surface area contributed by atoms with Gasteiger partial charge in [-0.05, 0) is 61.7 Å². The zero-order valence-electron chi connectivity index (χ0n) is 33.6. The lowest BCUT2D eigenvalue weighted by Gasteiger charge is -2.41. The molecule has 4 aromatic heterocycles. The molecule has 15 nitrogen and oxygen atoms in total. The average molecular weight is 824 g/mol. The molecule has 7 rings (SSSR count). The van der Waals surface area contributed by atoms with Crippen molar-refractivity contribution >= 4 is 23.2 Å². The van der Waals surface area contributed by atoms with E-state index in [9.17, 15) is 27.6 Å². The molecular formula is C42H44F3N11O4. The number of aromatic amines is 1. The number of aromatic nitrogens is 7. The number of piperazine rings is 1. The Morgan fingerprint density at radius 1 is 0.950 bits per heavy atom. The zero-order valence-corrected chi connectivity index (χ0v) is 33.6. The molecule has 5 heterocycles. The SMILES string of the molecule is C[C@@H](NC(=O)c1nc(C(C)(C)C)no1)c1ccc(-c2cc(Nc3ccc(N4CCN(CCc5ccc(-n6ccc(=O)[nH]c6=O)cc5)C[C@@H]4C)cn3)ncn2)cc1C(F)(F)F. The van der Waals surface area contributed by atoms with Crippen molar-refractivity contribution in [3.63, 3.8) is 0 Å². The van der Waals surface area contributed by atoms with Gasteiger partial charge in [-0.25, -0.2) is 19.7 Å². The molecule has 0 aliphatic carbocycles. The summed E-state index contributed by atoms with van der Waals surface area (Å²) in [5, 5.41) is 9.47. The second kappa shape index (κ2) is 16.9. The second-order valence-electron chi connectivity index (χ2n) is 15.7. The van der Waals surface area contributed by atoms with Crippen molar-refractivity contribution in [1.29, 1.82) is 0 Å². The van der Waals surface area contributed by atoms with Crippen molar-refractivity contribution in [2.75, 3.05) is 36.4 Å². The molecule has 1 aliphatic heterocycles. The topological polar surface area (TPSA) is 180 Å². The molecule has 0 radical (unpaired) electrons. The van der Waals surface area contributed by atoms with Gasteiger partial charge in [0.2, 0.25) is 0 Å². The molecule has 60 heavy (non-hydrogen) atoms. The van der Waals surface area contributed by atoms with Crippen LogP contribution in [0.1, 0.15) is 73.9 Å². The van der Waals surface area contributed by atoms with Crippen LogP contribution >= 0.6 is 0 Å². The van der Waals surface area contributed by atoms with Crippen molar-refractivity contribution < 1.29 is 22.5 Å². The molecule has 1 saturated heterocycles. The smallest absolute Gasteiger partial charge is 0.365 e. The van der Waals surface area contributed by atoms with Gasteiger partial charge in [-0.2, -0.15) is 18.2 Å². The molecule has 3 N–H and O–H groups in total. The van der Waals surface area contributed by atoms with Crippen LogP contribution in [-0.2, 0) is 18.0 Å². The number of rotatable bonds is 11. The van der Waals surface area contributed by atoms with Gasteiger partial charge < -0.3 is 20.1 Å². The van der Waals surface area contributed by atoms with Gasteiger partial charge in [0.1, 0.15) is 18.0 Å². The molecule has 0 unspecified atom stereocenters. The van der Waals surface area contributed by atoms with Crippen LogP contribution in [-0.4, -0.2) is 77.7 Å². The van der Waals surface area contributed by atoms with Crippen LogP contribution in [0.2, 0.25) is 0 Å². The number of nitrogens with one attached hydrogen (secondary N) is 3. The van der Waals surface area contributed by atoms with Crippen LogP contribution in [0.5, 0.6) is 0 Å². The van der Waals surface area contributed by atoms with Gasteiger partial charge in [-0.3, -0.25) is 24.0 Å². The largest absolute Gasteiger partial charge is 0.416 e. The highest BCUT2D eigenvalue weighted by Gasteiger charge is 2.36. The van der Waals surface area contributed by atoms with E-state index in [0.29, 0.717) is 23.1 Å². The van der Waals surface area contributed by atoms with E-state index in [1.54, 1.807) is 12.3 Å². The number of alkyl halides is 3. The van der Waals surface area contributed by atoms with Gasteiger partial charge >= 0.3 is 23.7 Å². The Morgan fingerprint density at radius 2 is 1.72 bits per heavy atom. The number of H-pyrrole nitrogens is 1. The number of halogens is 3. The van der Waals surface area contributed by atoms with Gasteiger partial charge in [0, 0.05) is 61.5 Å². The quantitative estimate of drug-likeness (QED) is 0.138. The summed E-state index contributed by atoms with van der Waals surface area (Å²) >= 11 is 0. The molecule has 18 heteroatoms. The third kappa shape index (κ3) is 9.60. The molecule has 2 atom stereocenters. The predicted octanol–water partition coefficient (Wildman–Crippen LogP) is 6.06. The number of benzene rings is 2. The van der Waals surface area contributed by atoms with Gasteiger partial charge in [0.05, 0.1) is 34.9 Å². The first-order valence-electron chi connectivity index (χ1n) is 19.3. The first kappa shape index (κ1) is 41.5.